The average Bonchev–Trinajstić information content (AvgIpc) is 4.01. The minimum absolute atomic E-state index is 0.637. The first-order chi connectivity index (χ1) is 28.8. The third-order valence-electron chi connectivity index (χ3n) is 12.3. The monoisotopic (exact) mass is 756 g/mol. The van der Waals surface area contributed by atoms with Crippen LogP contribution in [0.4, 0.5) is 0 Å². The van der Waals surface area contributed by atoms with E-state index in [0.717, 1.165) is 70.6 Å². The number of benzene rings is 8. The van der Waals surface area contributed by atoms with E-state index in [1.54, 1.807) is 11.3 Å². The van der Waals surface area contributed by atoms with Gasteiger partial charge in [0.25, 0.3) is 0 Å². The van der Waals surface area contributed by atoms with Crippen LogP contribution < -0.4 is 0 Å². The summed E-state index contributed by atoms with van der Waals surface area (Å²) >= 11 is 1.71. The molecule has 0 saturated heterocycles. The lowest BCUT2D eigenvalue weighted by Gasteiger charge is -2.12. The van der Waals surface area contributed by atoms with E-state index in [0.29, 0.717) is 5.95 Å². The molecule has 5 nitrogen and oxygen atoms in total. The van der Waals surface area contributed by atoms with Crippen molar-refractivity contribution in [3.63, 3.8) is 0 Å². The second-order valence-corrected chi connectivity index (χ2v) is 16.3. The summed E-state index contributed by atoms with van der Waals surface area (Å²) in [5, 5.41) is 9.09. The molecule has 58 heavy (non-hydrogen) atoms. The van der Waals surface area contributed by atoms with Crippen LogP contribution in [0.3, 0.4) is 0 Å². The number of para-hydroxylation sites is 5. The van der Waals surface area contributed by atoms with Gasteiger partial charge in [0.05, 0.1) is 33.4 Å². The minimum Gasteiger partial charge on any atom is -0.455 e. The Hall–Kier alpha value is -7.54. The van der Waals surface area contributed by atoms with Gasteiger partial charge >= 0.3 is 0 Å². The van der Waals surface area contributed by atoms with Gasteiger partial charge in [0.15, 0.2) is 0 Å². The van der Waals surface area contributed by atoms with Crippen molar-refractivity contribution < 1.29 is 4.42 Å². The van der Waals surface area contributed by atoms with E-state index in [1.165, 1.54) is 54.4 Å². The second kappa shape index (κ2) is 11.1. The van der Waals surface area contributed by atoms with Gasteiger partial charge in [-0.2, -0.15) is 0 Å². The molecular formula is C52H28N4OS. The van der Waals surface area contributed by atoms with Crippen LogP contribution in [0.2, 0.25) is 0 Å². The van der Waals surface area contributed by atoms with Gasteiger partial charge in [-0.15, -0.1) is 11.3 Å². The van der Waals surface area contributed by atoms with E-state index in [9.17, 15) is 0 Å². The summed E-state index contributed by atoms with van der Waals surface area (Å²) in [5.41, 5.74) is 14.2. The molecule has 0 aliphatic carbocycles. The van der Waals surface area contributed by atoms with Crippen molar-refractivity contribution in [3.05, 3.63) is 170 Å². The van der Waals surface area contributed by atoms with Crippen molar-refractivity contribution >= 4 is 97.2 Å². The summed E-state index contributed by atoms with van der Waals surface area (Å²) in [7, 11) is 0. The van der Waals surface area contributed by atoms with Crippen molar-refractivity contribution in [2.75, 3.05) is 0 Å². The zero-order chi connectivity index (χ0) is 37.6. The van der Waals surface area contributed by atoms with E-state index < -0.39 is 0 Å². The van der Waals surface area contributed by atoms with Crippen LogP contribution in [0.15, 0.2) is 174 Å². The SMILES string of the molecule is c1ccc2c(c1)-c1ccccc1-n1c3cc4c5ccccc5n(-c5nc(-c6cccc7c6oc6ccccc67)c6c(n5)sc5ccccc56)c4cc3c3cccc-2c31. The van der Waals surface area contributed by atoms with Gasteiger partial charge in [-0.1, -0.05) is 127 Å². The van der Waals surface area contributed by atoms with E-state index in [4.69, 9.17) is 14.4 Å². The number of rotatable bonds is 2. The molecule has 0 bridgehead atoms. The Morgan fingerprint density at radius 2 is 1.05 bits per heavy atom. The highest BCUT2D eigenvalue weighted by atomic mass is 32.1. The molecule has 1 aliphatic rings. The molecule has 1 aliphatic heterocycles. The van der Waals surface area contributed by atoms with E-state index >= 15 is 0 Å². The summed E-state index contributed by atoms with van der Waals surface area (Å²) in [5.74, 6) is 0.637. The maximum Gasteiger partial charge on any atom is 0.236 e. The van der Waals surface area contributed by atoms with Crippen LogP contribution >= 0.6 is 11.3 Å². The predicted octanol–water partition coefficient (Wildman–Crippen LogP) is 14.3. The van der Waals surface area contributed by atoms with Gasteiger partial charge in [-0.3, -0.25) is 4.57 Å². The lowest BCUT2D eigenvalue weighted by Crippen LogP contribution is -2.02. The summed E-state index contributed by atoms with van der Waals surface area (Å²) in [6.07, 6.45) is 0. The molecule has 0 radical (unpaired) electrons. The van der Waals surface area contributed by atoms with Crippen molar-refractivity contribution in [1.29, 1.82) is 0 Å². The van der Waals surface area contributed by atoms with E-state index in [1.807, 2.05) is 12.1 Å². The molecule has 6 heteroatoms. The normalized spacial score (nSPS) is 12.5. The Labute approximate surface area is 334 Å². The van der Waals surface area contributed by atoms with Gasteiger partial charge in [-0.25, -0.2) is 9.97 Å². The molecule has 268 valence electrons. The summed E-state index contributed by atoms with van der Waals surface area (Å²) in [6.45, 7) is 0. The fourth-order valence-corrected chi connectivity index (χ4v) is 11.0. The average molecular weight is 757 g/mol. The number of hydrogen-bond acceptors (Lipinski definition) is 4. The molecule has 8 aromatic carbocycles. The van der Waals surface area contributed by atoms with Crippen LogP contribution in [0.1, 0.15) is 0 Å². The lowest BCUT2D eigenvalue weighted by molar-refractivity contribution is 0.670. The standard InChI is InChI=1S/C52H28N4OS/c1-2-14-30-29(13-1)31-15-3-7-23-41(31)55-43-27-39-32-16-4-8-24-42(32)56(44(39)28-40(43)35-20-11-19-34(30)49(35)55)52-53-48(47-37-18-6-10-26-46(37)58-51(47)54-52)38-22-12-21-36-33-17-5-9-25-45(33)57-50(36)38/h1-28H. The number of fused-ring (bicyclic) bond motifs is 17. The molecule has 0 amide bonds. The zero-order valence-electron chi connectivity index (χ0n) is 30.8. The summed E-state index contributed by atoms with van der Waals surface area (Å²) in [6, 6.07) is 61.1. The predicted molar refractivity (Wildman–Crippen MR) is 241 cm³/mol. The first kappa shape index (κ1) is 30.7. The number of aromatic nitrogens is 4. The highest BCUT2D eigenvalue weighted by Gasteiger charge is 2.27. The molecule has 14 rings (SSSR count). The van der Waals surface area contributed by atoms with Gasteiger partial charge in [-0.05, 0) is 53.6 Å². The maximum absolute atomic E-state index is 6.65. The van der Waals surface area contributed by atoms with Gasteiger partial charge in [0, 0.05) is 64.5 Å². The number of nitrogens with zero attached hydrogens (tertiary/aromatic N) is 4. The van der Waals surface area contributed by atoms with Crippen LogP contribution in [0.25, 0.3) is 131 Å². The van der Waals surface area contributed by atoms with Gasteiger partial charge in [0.2, 0.25) is 5.95 Å². The molecule has 0 unspecified atom stereocenters. The Balaban J connectivity index is 1.12. The third-order valence-corrected chi connectivity index (χ3v) is 13.4. The molecule has 6 heterocycles. The minimum atomic E-state index is 0.637. The Morgan fingerprint density at radius 1 is 0.431 bits per heavy atom. The molecule has 0 spiro atoms. The second-order valence-electron chi connectivity index (χ2n) is 15.3. The molecule has 0 fully saturated rings. The number of thiophene rings is 1. The molecular weight excluding hydrogens is 729 g/mol. The third kappa shape index (κ3) is 3.89. The molecule has 0 saturated carbocycles. The quantitative estimate of drug-likeness (QED) is 0.176. The fourth-order valence-electron chi connectivity index (χ4n) is 9.90. The molecule has 5 aromatic heterocycles. The number of furan rings is 1. The van der Waals surface area contributed by atoms with Gasteiger partial charge < -0.3 is 8.98 Å². The Bertz CT molecular complexity index is 3940. The first-order valence-corrected chi connectivity index (χ1v) is 20.4. The van der Waals surface area contributed by atoms with Gasteiger partial charge in [0.1, 0.15) is 16.0 Å². The summed E-state index contributed by atoms with van der Waals surface area (Å²) in [4.78, 5) is 12.0. The Kier molecular flexibility index (Phi) is 5.85. The van der Waals surface area contributed by atoms with Crippen LogP contribution in [0.5, 0.6) is 0 Å². The first-order valence-electron chi connectivity index (χ1n) is 19.6. The largest absolute Gasteiger partial charge is 0.455 e. The molecule has 0 N–H and O–H groups in total. The topological polar surface area (TPSA) is 48.8 Å². The molecule has 0 atom stereocenters. The number of hydrogen-bond donors (Lipinski definition) is 0. The highest BCUT2D eigenvalue weighted by molar-refractivity contribution is 7.25. The lowest BCUT2D eigenvalue weighted by atomic mass is 9.94. The van der Waals surface area contributed by atoms with E-state index in [2.05, 4.69) is 167 Å². The van der Waals surface area contributed by atoms with Crippen LogP contribution in [0, 0.1) is 0 Å². The van der Waals surface area contributed by atoms with Crippen molar-refractivity contribution in [1.82, 2.24) is 19.1 Å². The highest BCUT2D eigenvalue weighted by Crippen LogP contribution is 2.49. The fraction of sp³-hybridized carbons (Fsp3) is 0. The van der Waals surface area contributed by atoms with Crippen molar-refractivity contribution in [2.45, 2.75) is 0 Å². The Morgan fingerprint density at radius 3 is 1.93 bits per heavy atom. The summed E-state index contributed by atoms with van der Waals surface area (Å²) < 4.78 is 12.6. The van der Waals surface area contributed by atoms with Crippen molar-refractivity contribution in [3.8, 4) is 45.1 Å². The molecule has 13 aromatic rings. The van der Waals surface area contributed by atoms with E-state index in [-0.39, 0.29) is 0 Å². The maximum atomic E-state index is 6.65. The van der Waals surface area contributed by atoms with Crippen molar-refractivity contribution in [2.24, 2.45) is 0 Å². The smallest absolute Gasteiger partial charge is 0.236 e. The zero-order valence-corrected chi connectivity index (χ0v) is 31.6. The van der Waals surface area contributed by atoms with Crippen LogP contribution in [-0.4, -0.2) is 19.1 Å². The van der Waals surface area contributed by atoms with Crippen LogP contribution in [-0.2, 0) is 0 Å².